The van der Waals surface area contributed by atoms with Crippen molar-refractivity contribution in [1.82, 2.24) is 10.6 Å². The van der Waals surface area contributed by atoms with Crippen LogP contribution < -0.4 is 16.4 Å². The Labute approximate surface area is 110 Å². The summed E-state index contributed by atoms with van der Waals surface area (Å²) in [7, 11) is 1.61. The molecule has 0 rings (SSSR count). The fraction of sp³-hybridized carbons (Fsp3) is 0.846. The van der Waals surface area contributed by atoms with Gasteiger partial charge in [0.25, 0.3) is 0 Å². The molecule has 4 N–H and O–H groups in total. The highest BCUT2D eigenvalue weighted by Gasteiger charge is 2.24. The van der Waals surface area contributed by atoms with Gasteiger partial charge in [-0.3, -0.25) is 9.59 Å². The van der Waals surface area contributed by atoms with Crippen molar-refractivity contribution in [3.05, 3.63) is 0 Å². The highest BCUT2D eigenvalue weighted by Crippen LogP contribution is 2.13. The van der Waals surface area contributed by atoms with Crippen molar-refractivity contribution in [2.45, 2.75) is 52.6 Å². The first-order chi connectivity index (χ1) is 8.27. The first-order valence-corrected chi connectivity index (χ1v) is 6.52. The Morgan fingerprint density at radius 1 is 1.17 bits per heavy atom. The van der Waals surface area contributed by atoms with Crippen LogP contribution in [0.5, 0.6) is 0 Å². The maximum absolute atomic E-state index is 11.5. The molecule has 18 heavy (non-hydrogen) atoms. The summed E-state index contributed by atoms with van der Waals surface area (Å²) in [4.78, 5) is 22.6. The SMILES string of the molecule is CNC(=O)C(C)CC(N)C(CC(C)C)NC(C)=O. The van der Waals surface area contributed by atoms with E-state index >= 15 is 0 Å². The molecule has 3 unspecified atom stereocenters. The third-order valence-electron chi connectivity index (χ3n) is 2.95. The maximum Gasteiger partial charge on any atom is 0.222 e. The van der Waals surface area contributed by atoms with Gasteiger partial charge in [-0.2, -0.15) is 0 Å². The quantitative estimate of drug-likeness (QED) is 0.625. The normalized spacial score (nSPS) is 15.9. The lowest BCUT2D eigenvalue weighted by atomic mass is 9.91. The lowest BCUT2D eigenvalue weighted by molar-refractivity contribution is -0.124. The van der Waals surface area contributed by atoms with Crippen molar-refractivity contribution in [2.75, 3.05) is 7.05 Å². The Hall–Kier alpha value is -1.10. The summed E-state index contributed by atoms with van der Waals surface area (Å²) in [5.41, 5.74) is 6.11. The summed E-state index contributed by atoms with van der Waals surface area (Å²) >= 11 is 0. The molecule has 0 aliphatic heterocycles. The van der Waals surface area contributed by atoms with Gasteiger partial charge in [-0.1, -0.05) is 20.8 Å². The third-order valence-corrected chi connectivity index (χ3v) is 2.95. The van der Waals surface area contributed by atoms with Gasteiger partial charge in [0.1, 0.15) is 0 Å². The summed E-state index contributed by atoms with van der Waals surface area (Å²) in [6.45, 7) is 7.51. The lowest BCUT2D eigenvalue weighted by Gasteiger charge is -2.27. The number of carbonyl (C=O) groups is 2. The molecule has 0 saturated heterocycles. The van der Waals surface area contributed by atoms with Crippen LogP contribution in [0.1, 0.15) is 40.5 Å². The fourth-order valence-electron chi connectivity index (χ4n) is 2.04. The predicted octanol–water partition coefficient (Wildman–Crippen LogP) is 0.637. The average Bonchev–Trinajstić information content (AvgIpc) is 2.25. The molecule has 0 saturated carbocycles. The van der Waals surface area contributed by atoms with Crippen LogP contribution in [0.15, 0.2) is 0 Å². The number of amides is 2. The number of hydrogen-bond acceptors (Lipinski definition) is 3. The summed E-state index contributed by atoms with van der Waals surface area (Å²) in [5.74, 6) is 0.205. The van der Waals surface area contributed by atoms with E-state index in [4.69, 9.17) is 5.73 Å². The second kappa shape index (κ2) is 8.08. The summed E-state index contributed by atoms with van der Waals surface area (Å²) < 4.78 is 0. The zero-order valence-electron chi connectivity index (χ0n) is 12.1. The fourth-order valence-corrected chi connectivity index (χ4v) is 2.04. The highest BCUT2D eigenvalue weighted by molar-refractivity contribution is 5.78. The topological polar surface area (TPSA) is 84.2 Å². The van der Waals surface area contributed by atoms with Crippen molar-refractivity contribution in [3.63, 3.8) is 0 Å². The van der Waals surface area contributed by atoms with Crippen LogP contribution in [-0.4, -0.2) is 30.9 Å². The second-order valence-corrected chi connectivity index (χ2v) is 5.35. The molecule has 3 atom stereocenters. The van der Waals surface area contributed by atoms with Gasteiger partial charge in [-0.25, -0.2) is 0 Å². The molecule has 0 heterocycles. The van der Waals surface area contributed by atoms with Crippen LogP contribution in [0.4, 0.5) is 0 Å². The minimum atomic E-state index is -0.205. The van der Waals surface area contributed by atoms with Gasteiger partial charge in [0.2, 0.25) is 11.8 Å². The van der Waals surface area contributed by atoms with E-state index in [0.29, 0.717) is 12.3 Å². The van der Waals surface area contributed by atoms with Crippen molar-refractivity contribution in [3.8, 4) is 0 Å². The summed E-state index contributed by atoms with van der Waals surface area (Å²) in [5, 5.41) is 5.49. The predicted molar refractivity (Wildman–Crippen MR) is 72.9 cm³/mol. The maximum atomic E-state index is 11.5. The Morgan fingerprint density at radius 3 is 2.11 bits per heavy atom. The Bertz CT molecular complexity index is 279. The van der Waals surface area contributed by atoms with Gasteiger partial charge in [-0.15, -0.1) is 0 Å². The number of hydrogen-bond donors (Lipinski definition) is 3. The van der Waals surface area contributed by atoms with Gasteiger partial charge in [0.05, 0.1) is 0 Å². The van der Waals surface area contributed by atoms with E-state index in [1.807, 2.05) is 6.92 Å². The summed E-state index contributed by atoms with van der Waals surface area (Å²) in [6.07, 6.45) is 1.39. The average molecular weight is 257 g/mol. The molecule has 106 valence electrons. The Morgan fingerprint density at radius 2 is 1.72 bits per heavy atom. The molecule has 0 fully saturated rings. The largest absolute Gasteiger partial charge is 0.359 e. The van der Waals surface area contributed by atoms with Crippen LogP contribution in [0.3, 0.4) is 0 Å². The van der Waals surface area contributed by atoms with Crippen LogP contribution in [0, 0.1) is 11.8 Å². The van der Waals surface area contributed by atoms with Crippen LogP contribution in [0.2, 0.25) is 0 Å². The van der Waals surface area contributed by atoms with Crippen molar-refractivity contribution >= 4 is 11.8 Å². The molecule has 0 aromatic heterocycles. The van der Waals surface area contributed by atoms with Crippen molar-refractivity contribution in [2.24, 2.45) is 17.6 Å². The molecule has 0 aromatic rings. The van der Waals surface area contributed by atoms with Crippen LogP contribution >= 0.6 is 0 Å². The molecule has 0 aromatic carbocycles. The van der Waals surface area contributed by atoms with Gasteiger partial charge in [-0.05, 0) is 18.8 Å². The van der Waals surface area contributed by atoms with Gasteiger partial charge >= 0.3 is 0 Å². The van der Waals surface area contributed by atoms with E-state index in [1.165, 1.54) is 6.92 Å². The molecule has 0 aliphatic rings. The van der Waals surface area contributed by atoms with E-state index in [-0.39, 0.29) is 29.8 Å². The van der Waals surface area contributed by atoms with Crippen LogP contribution in [0.25, 0.3) is 0 Å². The molecular formula is C13H27N3O2. The number of carbonyl (C=O) groups excluding carboxylic acids is 2. The number of rotatable bonds is 7. The lowest BCUT2D eigenvalue weighted by Crippen LogP contribution is -2.49. The van der Waals surface area contributed by atoms with E-state index in [9.17, 15) is 9.59 Å². The molecular weight excluding hydrogens is 230 g/mol. The molecule has 0 bridgehead atoms. The van der Waals surface area contributed by atoms with Crippen molar-refractivity contribution in [1.29, 1.82) is 0 Å². The number of nitrogens with one attached hydrogen (secondary N) is 2. The van der Waals surface area contributed by atoms with E-state index < -0.39 is 0 Å². The smallest absolute Gasteiger partial charge is 0.222 e. The van der Waals surface area contributed by atoms with E-state index in [1.54, 1.807) is 7.05 Å². The van der Waals surface area contributed by atoms with Crippen molar-refractivity contribution < 1.29 is 9.59 Å². The Kier molecular flexibility index (Phi) is 7.59. The minimum absolute atomic E-state index is 0.0171. The monoisotopic (exact) mass is 257 g/mol. The second-order valence-electron chi connectivity index (χ2n) is 5.35. The molecule has 2 amide bonds. The molecule has 0 spiro atoms. The molecule has 0 aliphatic carbocycles. The Balaban J connectivity index is 4.49. The third kappa shape index (κ3) is 6.59. The molecule has 5 nitrogen and oxygen atoms in total. The zero-order chi connectivity index (χ0) is 14.3. The van der Waals surface area contributed by atoms with Gasteiger partial charge < -0.3 is 16.4 Å². The van der Waals surface area contributed by atoms with Gasteiger partial charge in [0.15, 0.2) is 0 Å². The first-order valence-electron chi connectivity index (χ1n) is 6.52. The van der Waals surface area contributed by atoms with Crippen LogP contribution in [-0.2, 0) is 9.59 Å². The zero-order valence-corrected chi connectivity index (χ0v) is 12.1. The summed E-state index contributed by atoms with van der Waals surface area (Å²) in [6, 6.07) is -0.279. The number of nitrogens with two attached hydrogens (primary N) is 1. The first kappa shape index (κ1) is 16.9. The van der Waals surface area contributed by atoms with E-state index in [2.05, 4.69) is 24.5 Å². The molecule has 0 radical (unpaired) electrons. The highest BCUT2D eigenvalue weighted by atomic mass is 16.2. The van der Waals surface area contributed by atoms with Gasteiger partial charge in [0, 0.05) is 32.0 Å². The minimum Gasteiger partial charge on any atom is -0.359 e. The standard InChI is InChI=1S/C13H27N3O2/c1-8(2)6-12(16-10(4)17)11(14)7-9(3)13(18)15-5/h8-9,11-12H,6-7,14H2,1-5H3,(H,15,18)(H,16,17). The van der Waals surface area contributed by atoms with E-state index in [0.717, 1.165) is 6.42 Å². The molecule has 5 heteroatoms.